The van der Waals surface area contributed by atoms with Crippen molar-refractivity contribution in [2.75, 3.05) is 30.4 Å². The maximum atomic E-state index is 12.7. The highest BCUT2D eigenvalue weighted by Crippen LogP contribution is 2.38. The first-order valence-corrected chi connectivity index (χ1v) is 10.3. The fourth-order valence-corrected chi connectivity index (χ4v) is 4.73. The van der Waals surface area contributed by atoms with Crippen molar-refractivity contribution in [3.8, 4) is 0 Å². The van der Waals surface area contributed by atoms with Gasteiger partial charge >= 0.3 is 11.7 Å². The lowest BCUT2D eigenvalue weighted by Crippen LogP contribution is -2.46. The predicted octanol–water partition coefficient (Wildman–Crippen LogP) is -0.412. The quantitative estimate of drug-likeness (QED) is 0.487. The van der Waals surface area contributed by atoms with Crippen LogP contribution in [0.25, 0.3) is 10.9 Å². The lowest BCUT2D eigenvalue weighted by molar-refractivity contribution is 0.246. The van der Waals surface area contributed by atoms with Crippen molar-refractivity contribution in [2.45, 2.75) is 38.8 Å². The second-order valence-electron chi connectivity index (χ2n) is 8.62. The average molecular weight is 415 g/mol. The zero-order valence-corrected chi connectivity index (χ0v) is 17.3. The number of urea groups is 1. The molecule has 1 aromatic carbocycles. The van der Waals surface area contributed by atoms with E-state index >= 15 is 0 Å². The number of aryl methyl sites for hydroxylation is 1. The lowest BCUT2D eigenvalue weighted by atomic mass is 9.91. The van der Waals surface area contributed by atoms with Crippen molar-refractivity contribution in [1.29, 1.82) is 0 Å². The van der Waals surface area contributed by atoms with E-state index in [0.29, 0.717) is 28.0 Å². The number of nitrogen functional groups attached to an aromatic ring is 1. The Labute approximate surface area is 173 Å². The van der Waals surface area contributed by atoms with Crippen LogP contribution in [0.5, 0.6) is 0 Å². The molecule has 2 amide bonds. The van der Waals surface area contributed by atoms with Crippen LogP contribution in [0, 0.1) is 18.8 Å². The van der Waals surface area contributed by atoms with Crippen molar-refractivity contribution >= 4 is 22.6 Å². The molecule has 1 aliphatic carbocycles. The topological polar surface area (TPSA) is 154 Å². The molecule has 0 radical (unpaired) electrons. The van der Waals surface area contributed by atoms with Crippen LogP contribution in [0.3, 0.4) is 0 Å². The maximum absolute atomic E-state index is 12.7. The number of aromatic nitrogens is 2. The van der Waals surface area contributed by atoms with Crippen molar-refractivity contribution in [1.82, 2.24) is 14.6 Å². The number of hydrogen-bond acceptors (Lipinski definition) is 6. The van der Waals surface area contributed by atoms with Gasteiger partial charge in [-0.2, -0.15) is 4.68 Å². The van der Waals surface area contributed by atoms with E-state index in [4.69, 9.17) is 17.3 Å². The zero-order chi connectivity index (χ0) is 21.7. The molecule has 2 aliphatic rings. The Morgan fingerprint density at radius 1 is 1.27 bits per heavy atom. The molecule has 4 rings (SSSR count). The van der Waals surface area contributed by atoms with Crippen molar-refractivity contribution < 1.29 is 4.79 Å². The molecule has 1 aliphatic heterocycles. The summed E-state index contributed by atoms with van der Waals surface area (Å²) in [6, 6.07) is 2.97. The van der Waals surface area contributed by atoms with Gasteiger partial charge in [-0.1, -0.05) is 6.92 Å². The second kappa shape index (κ2) is 7.35. The summed E-state index contributed by atoms with van der Waals surface area (Å²) in [5, 5.41) is 3.04. The van der Waals surface area contributed by atoms with E-state index < -0.39 is 17.3 Å². The monoisotopic (exact) mass is 415 g/mol. The van der Waals surface area contributed by atoms with Gasteiger partial charge in [-0.25, -0.2) is 9.59 Å². The third-order valence-corrected chi connectivity index (χ3v) is 6.49. The molecular weight excluding hydrogens is 386 g/mol. The van der Waals surface area contributed by atoms with Crippen LogP contribution >= 0.6 is 0 Å². The number of rotatable bonds is 5. The third-order valence-electron chi connectivity index (χ3n) is 6.49. The predicted molar refractivity (Wildman–Crippen MR) is 116 cm³/mol. The lowest BCUT2D eigenvalue weighted by Gasteiger charge is -2.25. The Morgan fingerprint density at radius 2 is 1.97 bits per heavy atom. The number of amides is 2. The van der Waals surface area contributed by atoms with Crippen LogP contribution in [0.1, 0.15) is 31.4 Å². The number of fused-ring (bicyclic) bond motifs is 1. The minimum absolute atomic E-state index is 0.0860. The van der Waals surface area contributed by atoms with E-state index in [0.717, 1.165) is 37.2 Å². The molecule has 7 N–H and O–H groups in total. The van der Waals surface area contributed by atoms with E-state index in [9.17, 15) is 14.4 Å². The van der Waals surface area contributed by atoms with Crippen molar-refractivity contribution in [3.63, 3.8) is 0 Å². The number of anilines is 1. The van der Waals surface area contributed by atoms with Crippen LogP contribution in [-0.4, -0.2) is 41.0 Å². The summed E-state index contributed by atoms with van der Waals surface area (Å²) in [5.41, 5.74) is 13.1. The van der Waals surface area contributed by atoms with Crippen molar-refractivity contribution in [2.24, 2.45) is 23.3 Å². The number of primary amides is 1. The number of nitrogens with two attached hydrogens (primary N) is 3. The highest BCUT2D eigenvalue weighted by atomic mass is 16.2. The summed E-state index contributed by atoms with van der Waals surface area (Å²) in [4.78, 5) is 38.6. The Balaban J connectivity index is 1.72. The Hall–Kier alpha value is -3.01. The molecule has 2 fully saturated rings. The van der Waals surface area contributed by atoms with Gasteiger partial charge in [0, 0.05) is 37.4 Å². The molecule has 1 saturated carbocycles. The van der Waals surface area contributed by atoms with Gasteiger partial charge in [-0.3, -0.25) is 9.36 Å². The van der Waals surface area contributed by atoms with E-state index in [1.165, 1.54) is 0 Å². The molecule has 0 bridgehead atoms. The minimum atomic E-state index is -0.582. The van der Waals surface area contributed by atoms with Gasteiger partial charge < -0.3 is 27.5 Å². The Bertz CT molecular complexity index is 1120. The number of nitrogens with one attached hydrogen (secondary N) is 1. The second-order valence-corrected chi connectivity index (χ2v) is 8.62. The third kappa shape index (κ3) is 3.30. The summed E-state index contributed by atoms with van der Waals surface area (Å²) in [7, 11) is 0. The van der Waals surface area contributed by atoms with Gasteiger partial charge in [-0.15, -0.1) is 0 Å². The molecule has 2 aromatic rings. The van der Waals surface area contributed by atoms with Gasteiger partial charge in [-0.05, 0) is 49.3 Å². The number of benzene rings is 1. The van der Waals surface area contributed by atoms with Gasteiger partial charge in [0.15, 0.2) is 0 Å². The van der Waals surface area contributed by atoms with E-state index in [2.05, 4.69) is 17.1 Å². The SMILES string of the molecule is Cc1c(N2C[C@H](C(N)CNC(N)=O)[C@@H](C)C2)ccc2c(=O)n(N)c(=O)n(C3CC3)c12. The summed E-state index contributed by atoms with van der Waals surface area (Å²) in [6.45, 7) is 5.92. The molecule has 1 aromatic heterocycles. The summed E-state index contributed by atoms with van der Waals surface area (Å²) >= 11 is 0. The molecule has 1 saturated heterocycles. The fraction of sp³-hybridized carbons (Fsp3) is 0.550. The van der Waals surface area contributed by atoms with E-state index in [-0.39, 0.29) is 18.0 Å². The normalized spacial score (nSPS) is 22.4. The molecule has 162 valence electrons. The van der Waals surface area contributed by atoms with Gasteiger partial charge in [0.1, 0.15) is 0 Å². The molecule has 10 heteroatoms. The Morgan fingerprint density at radius 3 is 2.60 bits per heavy atom. The van der Waals surface area contributed by atoms with Crippen LogP contribution in [0.2, 0.25) is 0 Å². The number of hydrogen-bond donors (Lipinski definition) is 4. The Kier molecular flexibility index (Phi) is 4.97. The first kappa shape index (κ1) is 20.3. The van der Waals surface area contributed by atoms with Crippen LogP contribution in [0.15, 0.2) is 21.7 Å². The maximum Gasteiger partial charge on any atom is 0.350 e. The molecule has 30 heavy (non-hydrogen) atoms. The standard InChI is InChI=1S/C20H29N7O3/c1-10-8-25(9-14(10)15(21)7-24-19(22)29)16-6-5-13-17(11(16)2)26(12-3-4-12)20(30)27(23)18(13)28/h5-6,10,12,14-15H,3-4,7-9,21,23H2,1-2H3,(H3,22,24,29)/t10-,14-,15?/m0/s1. The van der Waals surface area contributed by atoms with Gasteiger partial charge in [0.25, 0.3) is 5.56 Å². The summed E-state index contributed by atoms with van der Waals surface area (Å²) < 4.78 is 2.38. The van der Waals surface area contributed by atoms with Crippen LogP contribution in [0.4, 0.5) is 10.5 Å². The average Bonchev–Trinajstić information content (AvgIpc) is 3.46. The number of nitrogens with zero attached hydrogens (tertiary/aromatic N) is 3. The number of carbonyl (C=O) groups excluding carboxylic acids is 1. The molecule has 1 unspecified atom stereocenters. The highest BCUT2D eigenvalue weighted by Gasteiger charge is 2.35. The van der Waals surface area contributed by atoms with Gasteiger partial charge in [0.2, 0.25) is 0 Å². The van der Waals surface area contributed by atoms with Crippen LogP contribution < -0.4 is 38.8 Å². The largest absolute Gasteiger partial charge is 0.371 e. The summed E-state index contributed by atoms with van der Waals surface area (Å²) in [5.74, 6) is 6.24. The van der Waals surface area contributed by atoms with Crippen molar-refractivity contribution in [3.05, 3.63) is 38.5 Å². The first-order valence-electron chi connectivity index (χ1n) is 10.3. The molecule has 3 atom stereocenters. The fourth-order valence-electron chi connectivity index (χ4n) is 4.73. The smallest absolute Gasteiger partial charge is 0.350 e. The molecule has 2 heterocycles. The van der Waals surface area contributed by atoms with Gasteiger partial charge in [0.05, 0.1) is 10.9 Å². The van der Waals surface area contributed by atoms with Crippen LogP contribution in [-0.2, 0) is 0 Å². The first-order chi connectivity index (χ1) is 14.2. The zero-order valence-electron chi connectivity index (χ0n) is 17.3. The summed E-state index contributed by atoms with van der Waals surface area (Å²) in [6.07, 6.45) is 1.81. The number of carbonyl (C=O) groups is 1. The highest BCUT2D eigenvalue weighted by molar-refractivity contribution is 5.87. The minimum Gasteiger partial charge on any atom is -0.371 e. The molecule has 0 spiro atoms. The molecule has 10 nitrogen and oxygen atoms in total. The van der Waals surface area contributed by atoms with E-state index in [1.54, 1.807) is 10.6 Å². The van der Waals surface area contributed by atoms with E-state index in [1.807, 2.05) is 13.0 Å². The molecular formula is C20H29N7O3.